The SMILES string of the molecule is C=CCn1c(SCN2CCCCC2=O)nnc1-c1cccnc1. The van der Waals surface area contributed by atoms with Crippen LogP contribution in [-0.4, -0.2) is 43.0 Å². The van der Waals surface area contributed by atoms with Crippen LogP contribution in [-0.2, 0) is 11.3 Å². The summed E-state index contributed by atoms with van der Waals surface area (Å²) in [5.74, 6) is 1.61. The molecule has 0 unspecified atom stereocenters. The molecule has 120 valence electrons. The fraction of sp³-hybridized carbons (Fsp3) is 0.375. The summed E-state index contributed by atoms with van der Waals surface area (Å²) >= 11 is 1.54. The Balaban J connectivity index is 1.78. The summed E-state index contributed by atoms with van der Waals surface area (Å²) in [5, 5.41) is 9.37. The Hall–Kier alpha value is -2.15. The molecule has 6 nitrogen and oxygen atoms in total. The molecule has 2 aromatic rings. The van der Waals surface area contributed by atoms with Crippen molar-refractivity contribution in [1.82, 2.24) is 24.6 Å². The molecule has 1 aliphatic rings. The standard InChI is InChI=1S/C16H19N5OS/c1-2-9-21-15(13-6-5-8-17-11-13)18-19-16(21)23-12-20-10-4-3-7-14(20)22/h2,5-6,8,11H,1,3-4,7,9-10,12H2. The third-order valence-electron chi connectivity index (χ3n) is 3.72. The Morgan fingerprint density at radius 1 is 1.35 bits per heavy atom. The van der Waals surface area contributed by atoms with Crippen molar-refractivity contribution in [3.63, 3.8) is 0 Å². The molecule has 1 aliphatic heterocycles. The number of thioether (sulfide) groups is 1. The lowest BCUT2D eigenvalue weighted by atomic mass is 10.1. The van der Waals surface area contributed by atoms with E-state index in [1.165, 1.54) is 11.8 Å². The summed E-state index contributed by atoms with van der Waals surface area (Å²) in [5.41, 5.74) is 0.919. The third kappa shape index (κ3) is 3.61. The normalized spacial score (nSPS) is 15.0. The molecule has 2 aromatic heterocycles. The van der Waals surface area contributed by atoms with Crippen molar-refractivity contribution in [2.75, 3.05) is 12.4 Å². The molecule has 0 aliphatic carbocycles. The van der Waals surface area contributed by atoms with E-state index in [1.54, 1.807) is 12.4 Å². The van der Waals surface area contributed by atoms with Gasteiger partial charge in [0.15, 0.2) is 11.0 Å². The van der Waals surface area contributed by atoms with Crippen molar-refractivity contribution in [3.05, 3.63) is 37.2 Å². The molecule has 3 rings (SSSR count). The van der Waals surface area contributed by atoms with Gasteiger partial charge in [0.25, 0.3) is 0 Å². The number of pyridine rings is 1. The number of hydrogen-bond acceptors (Lipinski definition) is 5. The number of aromatic nitrogens is 4. The number of piperidine rings is 1. The van der Waals surface area contributed by atoms with Gasteiger partial charge in [-0.1, -0.05) is 17.8 Å². The summed E-state index contributed by atoms with van der Waals surface area (Å²) in [6.07, 6.45) is 8.05. The van der Waals surface area contributed by atoms with Crippen LogP contribution in [0.4, 0.5) is 0 Å². The maximum Gasteiger partial charge on any atom is 0.223 e. The number of allylic oxidation sites excluding steroid dienone is 1. The van der Waals surface area contributed by atoms with Crippen molar-refractivity contribution < 1.29 is 4.79 Å². The first-order valence-electron chi connectivity index (χ1n) is 7.64. The van der Waals surface area contributed by atoms with Crippen LogP contribution in [0.2, 0.25) is 0 Å². The first kappa shape index (κ1) is 15.7. The van der Waals surface area contributed by atoms with Gasteiger partial charge in [0, 0.05) is 37.5 Å². The highest BCUT2D eigenvalue weighted by Gasteiger charge is 2.20. The first-order valence-corrected chi connectivity index (χ1v) is 8.63. The van der Waals surface area contributed by atoms with Gasteiger partial charge in [0.05, 0.1) is 5.88 Å². The molecule has 0 N–H and O–H groups in total. The number of rotatable bonds is 6. The zero-order chi connectivity index (χ0) is 16.1. The number of carbonyl (C=O) groups excluding carboxylic acids is 1. The highest BCUT2D eigenvalue weighted by molar-refractivity contribution is 7.99. The van der Waals surface area contributed by atoms with Gasteiger partial charge in [-0.2, -0.15) is 0 Å². The van der Waals surface area contributed by atoms with Crippen LogP contribution in [0.5, 0.6) is 0 Å². The smallest absolute Gasteiger partial charge is 0.223 e. The molecule has 1 fully saturated rings. The minimum absolute atomic E-state index is 0.228. The van der Waals surface area contributed by atoms with Gasteiger partial charge in [0.1, 0.15) is 0 Å². The molecule has 1 amide bonds. The summed E-state index contributed by atoms with van der Waals surface area (Å²) in [7, 11) is 0. The van der Waals surface area contributed by atoms with E-state index in [1.807, 2.05) is 27.7 Å². The van der Waals surface area contributed by atoms with Crippen molar-refractivity contribution in [2.24, 2.45) is 0 Å². The van der Waals surface area contributed by atoms with Gasteiger partial charge in [-0.05, 0) is 25.0 Å². The lowest BCUT2D eigenvalue weighted by Crippen LogP contribution is -2.34. The predicted molar refractivity (Wildman–Crippen MR) is 89.7 cm³/mol. The van der Waals surface area contributed by atoms with E-state index in [0.717, 1.165) is 35.9 Å². The van der Waals surface area contributed by atoms with E-state index < -0.39 is 0 Å². The molecule has 1 saturated heterocycles. The molecule has 23 heavy (non-hydrogen) atoms. The van der Waals surface area contributed by atoms with E-state index in [2.05, 4.69) is 21.8 Å². The minimum atomic E-state index is 0.228. The molecule has 7 heteroatoms. The van der Waals surface area contributed by atoms with Crippen LogP contribution in [0.25, 0.3) is 11.4 Å². The Morgan fingerprint density at radius 3 is 3.00 bits per heavy atom. The monoisotopic (exact) mass is 329 g/mol. The molecule has 0 atom stereocenters. The number of nitrogens with zero attached hydrogens (tertiary/aromatic N) is 5. The second-order valence-electron chi connectivity index (χ2n) is 5.33. The first-order chi connectivity index (χ1) is 11.3. The summed E-state index contributed by atoms with van der Waals surface area (Å²) < 4.78 is 2.00. The van der Waals surface area contributed by atoms with E-state index >= 15 is 0 Å². The highest BCUT2D eigenvalue weighted by Crippen LogP contribution is 2.25. The zero-order valence-electron chi connectivity index (χ0n) is 12.9. The second-order valence-corrected chi connectivity index (χ2v) is 6.25. The highest BCUT2D eigenvalue weighted by atomic mass is 32.2. The van der Waals surface area contributed by atoms with Crippen molar-refractivity contribution in [1.29, 1.82) is 0 Å². The molecule has 0 spiro atoms. The Kier molecular flexibility index (Phi) is 5.07. The fourth-order valence-corrected chi connectivity index (χ4v) is 3.49. The van der Waals surface area contributed by atoms with Crippen molar-refractivity contribution >= 4 is 17.7 Å². The van der Waals surface area contributed by atoms with Gasteiger partial charge >= 0.3 is 0 Å². The summed E-state index contributed by atoms with van der Waals surface area (Å²) in [6, 6.07) is 3.83. The van der Waals surface area contributed by atoms with E-state index in [0.29, 0.717) is 18.8 Å². The van der Waals surface area contributed by atoms with Crippen molar-refractivity contribution in [3.8, 4) is 11.4 Å². The number of carbonyl (C=O) groups is 1. The predicted octanol–water partition coefficient (Wildman–Crippen LogP) is 2.59. The van der Waals surface area contributed by atoms with Crippen LogP contribution in [0.1, 0.15) is 19.3 Å². The van der Waals surface area contributed by atoms with E-state index in [9.17, 15) is 4.79 Å². The summed E-state index contributed by atoms with van der Waals surface area (Å²) in [4.78, 5) is 17.9. The van der Waals surface area contributed by atoms with Crippen LogP contribution >= 0.6 is 11.8 Å². The average molecular weight is 329 g/mol. The number of hydrogen-bond donors (Lipinski definition) is 0. The zero-order valence-corrected chi connectivity index (χ0v) is 13.7. The van der Waals surface area contributed by atoms with Gasteiger partial charge in [-0.15, -0.1) is 16.8 Å². The number of likely N-dealkylation sites (tertiary alicyclic amines) is 1. The fourth-order valence-electron chi connectivity index (χ4n) is 2.53. The molecular weight excluding hydrogens is 310 g/mol. The molecule has 0 radical (unpaired) electrons. The number of amides is 1. The van der Waals surface area contributed by atoms with Crippen LogP contribution in [0, 0.1) is 0 Å². The van der Waals surface area contributed by atoms with Crippen LogP contribution in [0.15, 0.2) is 42.3 Å². The molecular formula is C16H19N5OS. The Morgan fingerprint density at radius 2 is 2.26 bits per heavy atom. The molecule has 0 bridgehead atoms. The molecule has 0 aromatic carbocycles. The third-order valence-corrected chi connectivity index (χ3v) is 4.72. The van der Waals surface area contributed by atoms with E-state index in [-0.39, 0.29) is 5.91 Å². The quantitative estimate of drug-likeness (QED) is 0.602. The van der Waals surface area contributed by atoms with Crippen LogP contribution < -0.4 is 0 Å². The molecule has 0 saturated carbocycles. The maximum atomic E-state index is 11.9. The minimum Gasteiger partial charge on any atom is -0.333 e. The van der Waals surface area contributed by atoms with Crippen molar-refractivity contribution in [2.45, 2.75) is 31.0 Å². The van der Waals surface area contributed by atoms with Gasteiger partial charge in [0.2, 0.25) is 5.91 Å². The lowest BCUT2D eigenvalue weighted by molar-refractivity contribution is -0.132. The molecule has 3 heterocycles. The largest absolute Gasteiger partial charge is 0.333 e. The van der Waals surface area contributed by atoms with E-state index in [4.69, 9.17) is 0 Å². The Labute approximate surface area is 139 Å². The maximum absolute atomic E-state index is 11.9. The van der Waals surface area contributed by atoms with Gasteiger partial charge in [-0.3, -0.25) is 14.3 Å². The summed E-state index contributed by atoms with van der Waals surface area (Å²) in [6.45, 7) is 5.26. The van der Waals surface area contributed by atoms with Gasteiger partial charge < -0.3 is 4.90 Å². The van der Waals surface area contributed by atoms with Crippen LogP contribution in [0.3, 0.4) is 0 Å². The Bertz CT molecular complexity index is 685. The topological polar surface area (TPSA) is 63.9 Å². The lowest BCUT2D eigenvalue weighted by Gasteiger charge is -2.25. The van der Waals surface area contributed by atoms with Gasteiger partial charge in [-0.25, -0.2) is 0 Å². The average Bonchev–Trinajstić information content (AvgIpc) is 2.98. The second kappa shape index (κ2) is 7.41.